The first-order valence-electron chi connectivity index (χ1n) is 5.24. The molecule has 90 valence electrons. The van der Waals surface area contributed by atoms with E-state index in [2.05, 4.69) is 10.1 Å². The standard InChI is InChI=1S/C10H17N2O2PS.Na/c1-2-9-16-15(13,14)12-8-6-10-5-3-4-7-11-10;/h3-5,7H,2,6,8-9H2,1H3,(H2,12,13,14);/q;+1/p-1. The maximum absolute atomic E-state index is 11.4. The van der Waals surface area contributed by atoms with Gasteiger partial charge in [-0.3, -0.25) is 10.1 Å². The van der Waals surface area contributed by atoms with E-state index in [0.717, 1.165) is 23.5 Å². The van der Waals surface area contributed by atoms with Crippen LogP contribution >= 0.6 is 18.1 Å². The summed E-state index contributed by atoms with van der Waals surface area (Å²) in [6.07, 6.45) is 3.19. The molecule has 1 N–H and O–H groups in total. The molecule has 0 aliphatic carbocycles. The van der Waals surface area contributed by atoms with Crippen LogP contribution in [0.1, 0.15) is 19.0 Å². The van der Waals surface area contributed by atoms with Crippen LogP contribution in [0, 0.1) is 0 Å². The van der Waals surface area contributed by atoms with Crippen LogP contribution in [-0.2, 0) is 11.0 Å². The number of nitrogens with one attached hydrogen (secondary N) is 1. The van der Waals surface area contributed by atoms with Crippen LogP contribution < -0.4 is 39.5 Å². The van der Waals surface area contributed by atoms with E-state index in [0.29, 0.717) is 18.7 Å². The first kappa shape index (κ1) is 17.6. The van der Waals surface area contributed by atoms with Gasteiger partial charge < -0.3 is 9.46 Å². The van der Waals surface area contributed by atoms with E-state index < -0.39 is 6.72 Å². The summed E-state index contributed by atoms with van der Waals surface area (Å²) in [4.78, 5) is 15.6. The normalized spacial score (nSPS) is 13.8. The Morgan fingerprint density at radius 3 is 2.88 bits per heavy atom. The average molecular weight is 282 g/mol. The van der Waals surface area contributed by atoms with Crippen molar-refractivity contribution in [1.82, 2.24) is 10.1 Å². The Morgan fingerprint density at radius 1 is 1.53 bits per heavy atom. The van der Waals surface area contributed by atoms with Gasteiger partial charge in [0.15, 0.2) is 0 Å². The molecular formula is C10H16N2NaO2PS. The molecule has 0 amide bonds. The molecular weight excluding hydrogens is 266 g/mol. The van der Waals surface area contributed by atoms with Crippen LogP contribution in [-0.4, -0.2) is 17.3 Å². The summed E-state index contributed by atoms with van der Waals surface area (Å²) >= 11 is 0.982. The third-order valence-electron chi connectivity index (χ3n) is 1.88. The van der Waals surface area contributed by atoms with Crippen molar-refractivity contribution in [3.8, 4) is 0 Å². The van der Waals surface area contributed by atoms with E-state index in [9.17, 15) is 9.46 Å². The summed E-state index contributed by atoms with van der Waals surface area (Å²) in [5.41, 5.74) is 0.899. The minimum Gasteiger partial charge on any atom is -0.780 e. The SMILES string of the molecule is CCCSP(=O)([O-])NCCc1ccccn1.[Na+]. The zero-order valence-electron chi connectivity index (χ0n) is 10.3. The van der Waals surface area contributed by atoms with Crippen molar-refractivity contribution in [3.05, 3.63) is 30.1 Å². The van der Waals surface area contributed by atoms with Gasteiger partial charge in [0.1, 0.15) is 6.72 Å². The zero-order chi connectivity index (χ0) is 11.9. The minimum absolute atomic E-state index is 0. The number of rotatable bonds is 7. The van der Waals surface area contributed by atoms with E-state index in [1.807, 2.05) is 25.1 Å². The molecule has 1 aromatic rings. The molecule has 0 spiro atoms. The number of pyridine rings is 1. The number of hydrogen-bond acceptors (Lipinski definition) is 4. The minimum atomic E-state index is -3.46. The van der Waals surface area contributed by atoms with Crippen molar-refractivity contribution in [2.75, 3.05) is 12.3 Å². The Balaban J connectivity index is 0.00000256. The maximum Gasteiger partial charge on any atom is 1.00 e. The van der Waals surface area contributed by atoms with Gasteiger partial charge in [-0.15, -0.1) is 0 Å². The van der Waals surface area contributed by atoms with Crippen LogP contribution in [0.2, 0.25) is 0 Å². The molecule has 1 rings (SSSR count). The van der Waals surface area contributed by atoms with Crippen molar-refractivity contribution in [1.29, 1.82) is 0 Å². The second-order valence-electron chi connectivity index (χ2n) is 3.31. The van der Waals surface area contributed by atoms with Crippen LogP contribution in [0.3, 0.4) is 0 Å². The van der Waals surface area contributed by atoms with Gasteiger partial charge in [-0.2, -0.15) is 0 Å². The van der Waals surface area contributed by atoms with Gasteiger partial charge in [-0.05, 0) is 18.6 Å². The summed E-state index contributed by atoms with van der Waals surface area (Å²) < 4.78 is 11.4. The molecule has 1 atom stereocenters. The van der Waals surface area contributed by atoms with Gasteiger partial charge in [0.2, 0.25) is 0 Å². The maximum atomic E-state index is 11.4. The molecule has 1 heterocycles. The van der Waals surface area contributed by atoms with Gasteiger partial charge in [0.05, 0.1) is 0 Å². The zero-order valence-corrected chi connectivity index (χ0v) is 14.0. The average Bonchev–Trinajstić information content (AvgIpc) is 2.28. The summed E-state index contributed by atoms with van der Waals surface area (Å²) in [6.45, 7) is -1.09. The van der Waals surface area contributed by atoms with E-state index in [1.165, 1.54) is 0 Å². The van der Waals surface area contributed by atoms with Crippen molar-refractivity contribution < 1.29 is 39.0 Å². The van der Waals surface area contributed by atoms with E-state index in [1.54, 1.807) is 6.20 Å². The molecule has 0 bridgehead atoms. The van der Waals surface area contributed by atoms with Crippen molar-refractivity contribution in [2.24, 2.45) is 0 Å². The van der Waals surface area contributed by atoms with Crippen molar-refractivity contribution in [3.63, 3.8) is 0 Å². The molecule has 0 aromatic carbocycles. The topological polar surface area (TPSA) is 65.0 Å². The van der Waals surface area contributed by atoms with Crippen LogP contribution in [0.15, 0.2) is 24.4 Å². The monoisotopic (exact) mass is 282 g/mol. The van der Waals surface area contributed by atoms with E-state index in [4.69, 9.17) is 0 Å². The summed E-state index contributed by atoms with van der Waals surface area (Å²) in [6, 6.07) is 5.62. The van der Waals surface area contributed by atoms with Gasteiger partial charge >= 0.3 is 29.6 Å². The Morgan fingerprint density at radius 2 is 2.29 bits per heavy atom. The third-order valence-corrected chi connectivity index (χ3v) is 5.37. The molecule has 0 saturated heterocycles. The van der Waals surface area contributed by atoms with Crippen LogP contribution in [0.4, 0.5) is 0 Å². The first-order chi connectivity index (χ1) is 7.64. The second-order valence-corrected chi connectivity index (χ2v) is 7.50. The Hall–Kier alpha value is 0.650. The number of hydrogen-bond donors (Lipinski definition) is 1. The number of nitrogens with zero attached hydrogens (tertiary/aromatic N) is 1. The molecule has 0 saturated carbocycles. The van der Waals surface area contributed by atoms with Crippen molar-refractivity contribution >= 4 is 18.1 Å². The predicted octanol–water partition coefficient (Wildman–Crippen LogP) is -1.17. The van der Waals surface area contributed by atoms with Crippen LogP contribution in [0.25, 0.3) is 0 Å². The second kappa shape index (κ2) is 9.56. The fourth-order valence-corrected chi connectivity index (χ4v) is 3.84. The summed E-state index contributed by atoms with van der Waals surface area (Å²) in [5, 5.41) is 2.57. The summed E-state index contributed by atoms with van der Waals surface area (Å²) in [7, 11) is 0. The molecule has 0 fully saturated rings. The van der Waals surface area contributed by atoms with Gasteiger partial charge in [0.25, 0.3) is 0 Å². The molecule has 0 radical (unpaired) electrons. The fourth-order valence-electron chi connectivity index (χ4n) is 1.12. The molecule has 0 aliphatic heterocycles. The van der Waals surface area contributed by atoms with E-state index >= 15 is 0 Å². The Bertz CT molecular complexity index is 353. The quantitative estimate of drug-likeness (QED) is 0.504. The molecule has 1 aromatic heterocycles. The molecule has 7 heteroatoms. The molecule has 4 nitrogen and oxygen atoms in total. The third kappa shape index (κ3) is 8.38. The fraction of sp³-hybridized carbons (Fsp3) is 0.500. The van der Waals surface area contributed by atoms with Crippen LogP contribution in [0.5, 0.6) is 0 Å². The predicted molar refractivity (Wildman–Crippen MR) is 66.3 cm³/mol. The molecule has 0 aliphatic rings. The Kier molecular flexibility index (Phi) is 9.93. The van der Waals surface area contributed by atoms with Gasteiger partial charge in [0, 0.05) is 30.6 Å². The summed E-state index contributed by atoms with van der Waals surface area (Å²) in [5.74, 6) is 0.636. The van der Waals surface area contributed by atoms with Crippen molar-refractivity contribution in [2.45, 2.75) is 19.8 Å². The Labute approximate surface area is 129 Å². The molecule has 17 heavy (non-hydrogen) atoms. The van der Waals surface area contributed by atoms with E-state index in [-0.39, 0.29) is 29.6 Å². The molecule has 1 unspecified atom stereocenters. The smallest absolute Gasteiger partial charge is 0.780 e. The first-order valence-corrected chi connectivity index (χ1v) is 8.46. The largest absolute Gasteiger partial charge is 1.00 e. The van der Waals surface area contributed by atoms with Gasteiger partial charge in [-0.1, -0.05) is 24.4 Å². The number of aromatic nitrogens is 1. The van der Waals surface area contributed by atoms with Gasteiger partial charge in [-0.25, -0.2) is 0 Å².